The van der Waals surface area contributed by atoms with Crippen LogP contribution in [0, 0.1) is 11.6 Å². The number of hydrogen-bond acceptors (Lipinski definition) is 1. The number of nitrogens with one attached hydrogen (secondary N) is 1. The van der Waals surface area contributed by atoms with Crippen molar-refractivity contribution in [3.63, 3.8) is 0 Å². The predicted molar refractivity (Wildman–Crippen MR) is 44.1 cm³/mol. The summed E-state index contributed by atoms with van der Waals surface area (Å²) in [5.41, 5.74) is 0.665. The summed E-state index contributed by atoms with van der Waals surface area (Å²) in [6.45, 7) is -0.189. The summed E-state index contributed by atoms with van der Waals surface area (Å²) >= 11 is 0. The van der Waals surface area contributed by atoms with Gasteiger partial charge in [0, 0.05) is 17.1 Å². The first kappa shape index (κ1) is 8.19. The Balaban J connectivity index is 2.81. The van der Waals surface area contributed by atoms with Crippen LogP contribution in [-0.4, -0.2) is 10.1 Å². The lowest BCUT2D eigenvalue weighted by atomic mass is 10.2. The molecule has 4 heteroatoms. The second-order valence-corrected chi connectivity index (χ2v) is 2.76. The fourth-order valence-electron chi connectivity index (χ4n) is 1.33. The van der Waals surface area contributed by atoms with Gasteiger partial charge in [-0.3, -0.25) is 0 Å². The Morgan fingerprint density at radius 1 is 1.31 bits per heavy atom. The molecule has 0 saturated carbocycles. The van der Waals surface area contributed by atoms with Gasteiger partial charge in [0.15, 0.2) is 11.6 Å². The van der Waals surface area contributed by atoms with Crippen molar-refractivity contribution in [1.82, 2.24) is 4.98 Å². The van der Waals surface area contributed by atoms with Crippen LogP contribution in [0.4, 0.5) is 8.78 Å². The van der Waals surface area contributed by atoms with E-state index < -0.39 is 11.6 Å². The number of rotatable bonds is 1. The van der Waals surface area contributed by atoms with Crippen LogP contribution in [0.1, 0.15) is 5.56 Å². The molecule has 2 rings (SSSR count). The fourth-order valence-corrected chi connectivity index (χ4v) is 1.33. The summed E-state index contributed by atoms with van der Waals surface area (Å²) in [6.07, 6.45) is 1.47. The highest BCUT2D eigenvalue weighted by molar-refractivity contribution is 5.83. The normalized spacial score (nSPS) is 11.0. The highest BCUT2D eigenvalue weighted by atomic mass is 19.2. The van der Waals surface area contributed by atoms with Crippen molar-refractivity contribution in [2.75, 3.05) is 0 Å². The molecule has 2 N–H and O–H groups in total. The predicted octanol–water partition coefficient (Wildman–Crippen LogP) is 1.94. The van der Waals surface area contributed by atoms with E-state index in [1.54, 1.807) is 0 Å². The SMILES string of the molecule is OCc1c[nH]c2c(F)c(F)ccc12. The number of hydrogen-bond donors (Lipinski definition) is 2. The molecular formula is C9H7F2NO. The first-order valence-electron chi connectivity index (χ1n) is 3.79. The van der Waals surface area contributed by atoms with Gasteiger partial charge in [-0.15, -0.1) is 0 Å². The monoisotopic (exact) mass is 183 g/mol. The van der Waals surface area contributed by atoms with E-state index in [4.69, 9.17) is 5.11 Å². The Hall–Kier alpha value is -1.42. The van der Waals surface area contributed by atoms with Gasteiger partial charge in [0.2, 0.25) is 0 Å². The Kier molecular flexibility index (Phi) is 1.77. The van der Waals surface area contributed by atoms with E-state index in [2.05, 4.69) is 4.98 Å². The molecule has 0 aliphatic rings. The summed E-state index contributed by atoms with van der Waals surface area (Å²) in [5.74, 6) is -1.80. The van der Waals surface area contributed by atoms with Gasteiger partial charge in [0.1, 0.15) is 0 Å². The van der Waals surface area contributed by atoms with E-state index in [1.165, 1.54) is 12.3 Å². The van der Waals surface area contributed by atoms with Crippen LogP contribution in [0.3, 0.4) is 0 Å². The van der Waals surface area contributed by atoms with Crippen molar-refractivity contribution in [3.8, 4) is 0 Å². The van der Waals surface area contributed by atoms with Crippen molar-refractivity contribution in [2.45, 2.75) is 6.61 Å². The van der Waals surface area contributed by atoms with E-state index in [1.807, 2.05) is 0 Å². The number of H-pyrrole nitrogens is 1. The highest BCUT2D eigenvalue weighted by Gasteiger charge is 2.10. The Bertz CT molecular complexity index is 450. The molecule has 0 unspecified atom stereocenters. The molecule has 2 nitrogen and oxygen atoms in total. The number of aliphatic hydroxyl groups is 1. The summed E-state index contributed by atoms with van der Waals surface area (Å²) in [7, 11) is 0. The molecule has 0 amide bonds. The molecule has 2 aromatic rings. The lowest BCUT2D eigenvalue weighted by Crippen LogP contribution is -1.85. The van der Waals surface area contributed by atoms with Gasteiger partial charge >= 0.3 is 0 Å². The second-order valence-electron chi connectivity index (χ2n) is 2.76. The Morgan fingerprint density at radius 2 is 2.08 bits per heavy atom. The molecule has 1 aromatic heterocycles. The zero-order chi connectivity index (χ0) is 9.42. The van der Waals surface area contributed by atoms with Crippen molar-refractivity contribution in [2.24, 2.45) is 0 Å². The number of halogens is 2. The topological polar surface area (TPSA) is 36.0 Å². The summed E-state index contributed by atoms with van der Waals surface area (Å²) in [5, 5.41) is 9.36. The van der Waals surface area contributed by atoms with Crippen LogP contribution in [0.25, 0.3) is 10.9 Å². The third kappa shape index (κ3) is 1.10. The zero-order valence-corrected chi connectivity index (χ0v) is 6.64. The summed E-state index contributed by atoms with van der Waals surface area (Å²) in [6, 6.07) is 2.49. The first-order chi connectivity index (χ1) is 6.24. The minimum atomic E-state index is -0.905. The van der Waals surface area contributed by atoms with Crippen LogP contribution in [0.2, 0.25) is 0 Å². The number of aliphatic hydroxyl groups excluding tert-OH is 1. The van der Waals surface area contributed by atoms with Gasteiger partial charge in [-0.25, -0.2) is 8.78 Å². The van der Waals surface area contributed by atoms with Gasteiger partial charge in [-0.05, 0) is 12.1 Å². The summed E-state index contributed by atoms with van der Waals surface area (Å²) in [4.78, 5) is 2.57. The largest absolute Gasteiger partial charge is 0.392 e. The van der Waals surface area contributed by atoms with Crippen LogP contribution in [-0.2, 0) is 6.61 Å². The first-order valence-corrected chi connectivity index (χ1v) is 3.79. The number of aromatic amines is 1. The molecule has 1 aromatic carbocycles. The maximum atomic E-state index is 13.1. The maximum Gasteiger partial charge on any atom is 0.182 e. The molecule has 68 valence electrons. The molecule has 0 saturated heterocycles. The second kappa shape index (κ2) is 2.81. The van der Waals surface area contributed by atoms with E-state index in [0.717, 1.165) is 6.07 Å². The molecule has 13 heavy (non-hydrogen) atoms. The molecule has 0 aliphatic heterocycles. The highest BCUT2D eigenvalue weighted by Crippen LogP contribution is 2.22. The van der Waals surface area contributed by atoms with Crippen molar-refractivity contribution in [3.05, 3.63) is 35.5 Å². The average Bonchev–Trinajstić information content (AvgIpc) is 2.55. The summed E-state index contributed by atoms with van der Waals surface area (Å²) < 4.78 is 25.8. The maximum absolute atomic E-state index is 13.1. The van der Waals surface area contributed by atoms with E-state index in [-0.39, 0.29) is 12.1 Å². The number of aromatic nitrogens is 1. The molecule has 0 fully saturated rings. The smallest absolute Gasteiger partial charge is 0.182 e. The van der Waals surface area contributed by atoms with E-state index in [0.29, 0.717) is 10.9 Å². The van der Waals surface area contributed by atoms with Crippen molar-refractivity contribution >= 4 is 10.9 Å². The van der Waals surface area contributed by atoms with Gasteiger partial charge in [-0.2, -0.15) is 0 Å². The van der Waals surface area contributed by atoms with Crippen molar-refractivity contribution < 1.29 is 13.9 Å². The lowest BCUT2D eigenvalue weighted by molar-refractivity contribution is 0.283. The molecule has 1 heterocycles. The number of fused-ring (bicyclic) bond motifs is 1. The molecule has 0 aliphatic carbocycles. The van der Waals surface area contributed by atoms with Gasteiger partial charge < -0.3 is 10.1 Å². The lowest BCUT2D eigenvalue weighted by Gasteiger charge is -1.95. The molecule has 0 spiro atoms. The third-order valence-electron chi connectivity index (χ3n) is 2.00. The van der Waals surface area contributed by atoms with E-state index in [9.17, 15) is 8.78 Å². The molecule has 0 bridgehead atoms. The standard InChI is InChI=1S/C9H7F2NO/c10-7-2-1-6-5(4-13)3-12-9(6)8(7)11/h1-3,12-13H,4H2. The van der Waals surface area contributed by atoms with E-state index >= 15 is 0 Å². The van der Waals surface area contributed by atoms with Gasteiger partial charge in [-0.1, -0.05) is 0 Å². The average molecular weight is 183 g/mol. The molecule has 0 atom stereocenters. The minimum absolute atomic E-state index is 0.101. The van der Waals surface area contributed by atoms with Crippen LogP contribution in [0.5, 0.6) is 0 Å². The van der Waals surface area contributed by atoms with Crippen LogP contribution in [0.15, 0.2) is 18.3 Å². The zero-order valence-electron chi connectivity index (χ0n) is 6.64. The van der Waals surface area contributed by atoms with Crippen molar-refractivity contribution in [1.29, 1.82) is 0 Å². The van der Waals surface area contributed by atoms with Crippen LogP contribution >= 0.6 is 0 Å². The Labute approximate surface area is 72.8 Å². The third-order valence-corrected chi connectivity index (χ3v) is 2.00. The number of benzene rings is 1. The minimum Gasteiger partial charge on any atom is -0.392 e. The molecule has 0 radical (unpaired) electrons. The van der Waals surface area contributed by atoms with Gasteiger partial charge in [0.25, 0.3) is 0 Å². The molecular weight excluding hydrogens is 176 g/mol. The van der Waals surface area contributed by atoms with Gasteiger partial charge in [0.05, 0.1) is 12.1 Å². The van der Waals surface area contributed by atoms with Crippen LogP contribution < -0.4 is 0 Å². The fraction of sp³-hybridized carbons (Fsp3) is 0.111. The Morgan fingerprint density at radius 3 is 2.77 bits per heavy atom. The quantitative estimate of drug-likeness (QED) is 0.696.